The summed E-state index contributed by atoms with van der Waals surface area (Å²) >= 11 is 9.27. The van der Waals surface area contributed by atoms with Crippen LogP contribution in [0, 0.1) is 0 Å². The second kappa shape index (κ2) is 6.57. The molecule has 0 bridgehead atoms. The van der Waals surface area contributed by atoms with Crippen molar-refractivity contribution >= 4 is 33.4 Å². The van der Waals surface area contributed by atoms with Gasteiger partial charge in [-0.3, -0.25) is 4.79 Å². The highest BCUT2D eigenvalue weighted by molar-refractivity contribution is 9.10. The van der Waals surface area contributed by atoms with Crippen molar-refractivity contribution in [2.45, 2.75) is 43.3 Å². The molecule has 1 amide bonds. The fraction of sp³-hybridized carbons (Fsp3) is 0.500. The molecule has 1 aliphatic carbocycles. The SMILES string of the molecule is O=C(NC1CCCCC1Cl)c1cc(C(F)(F)F)ccc1Br. The lowest BCUT2D eigenvalue weighted by Gasteiger charge is -2.28. The predicted molar refractivity (Wildman–Crippen MR) is 78.5 cm³/mol. The predicted octanol–water partition coefficient (Wildman–Crippen LogP) is 4.75. The second-order valence-corrected chi connectivity index (χ2v) is 6.49. The van der Waals surface area contributed by atoms with Crippen molar-refractivity contribution in [3.8, 4) is 0 Å². The Morgan fingerprint density at radius 3 is 2.57 bits per heavy atom. The highest BCUT2D eigenvalue weighted by Crippen LogP contribution is 2.32. The van der Waals surface area contributed by atoms with Crippen LogP contribution in [0.15, 0.2) is 22.7 Å². The van der Waals surface area contributed by atoms with Crippen LogP contribution in [0.1, 0.15) is 41.6 Å². The van der Waals surface area contributed by atoms with Gasteiger partial charge in [0.05, 0.1) is 16.5 Å². The van der Waals surface area contributed by atoms with Crippen LogP contribution in [0.3, 0.4) is 0 Å². The molecule has 1 aromatic rings. The van der Waals surface area contributed by atoms with Gasteiger partial charge >= 0.3 is 6.18 Å². The summed E-state index contributed by atoms with van der Waals surface area (Å²) in [6.07, 6.45) is -0.964. The van der Waals surface area contributed by atoms with Gasteiger partial charge in [0.2, 0.25) is 0 Å². The van der Waals surface area contributed by atoms with Gasteiger partial charge in [0.1, 0.15) is 0 Å². The maximum absolute atomic E-state index is 12.7. The van der Waals surface area contributed by atoms with Crippen molar-refractivity contribution in [3.63, 3.8) is 0 Å². The number of halogens is 5. The van der Waals surface area contributed by atoms with Crippen LogP contribution in [0.2, 0.25) is 0 Å². The molecule has 1 fully saturated rings. The fourth-order valence-corrected chi connectivity index (χ4v) is 3.14. The molecule has 21 heavy (non-hydrogen) atoms. The molecule has 0 saturated heterocycles. The molecule has 1 aliphatic rings. The Bertz CT molecular complexity index is 535. The highest BCUT2D eigenvalue weighted by atomic mass is 79.9. The average Bonchev–Trinajstić information content (AvgIpc) is 2.40. The molecule has 0 aliphatic heterocycles. The molecule has 1 aromatic carbocycles. The molecule has 2 atom stereocenters. The Hall–Kier alpha value is -0.750. The third kappa shape index (κ3) is 4.13. The van der Waals surface area contributed by atoms with Gasteiger partial charge in [-0.05, 0) is 47.0 Å². The van der Waals surface area contributed by atoms with E-state index < -0.39 is 17.6 Å². The molecule has 1 N–H and O–H groups in total. The summed E-state index contributed by atoms with van der Waals surface area (Å²) in [7, 11) is 0. The van der Waals surface area contributed by atoms with E-state index >= 15 is 0 Å². The number of hydrogen-bond donors (Lipinski definition) is 1. The number of amides is 1. The van der Waals surface area contributed by atoms with Gasteiger partial charge in [0, 0.05) is 10.5 Å². The summed E-state index contributed by atoms with van der Waals surface area (Å²) in [4.78, 5) is 12.2. The molecular weight excluding hydrogens is 371 g/mol. The summed E-state index contributed by atoms with van der Waals surface area (Å²) in [5, 5.41) is 2.56. The zero-order valence-corrected chi connectivity index (χ0v) is 13.4. The molecular formula is C14H14BrClF3NO. The van der Waals surface area contributed by atoms with E-state index in [1.807, 2.05) is 0 Å². The fourth-order valence-electron chi connectivity index (χ4n) is 2.37. The van der Waals surface area contributed by atoms with E-state index in [-0.39, 0.29) is 17.0 Å². The van der Waals surface area contributed by atoms with Gasteiger partial charge < -0.3 is 5.32 Å². The summed E-state index contributed by atoms with van der Waals surface area (Å²) in [6.45, 7) is 0. The van der Waals surface area contributed by atoms with E-state index in [1.165, 1.54) is 6.07 Å². The van der Waals surface area contributed by atoms with E-state index in [9.17, 15) is 18.0 Å². The maximum Gasteiger partial charge on any atom is 0.416 e. The normalized spacial score (nSPS) is 22.9. The van der Waals surface area contributed by atoms with Gasteiger partial charge in [-0.15, -0.1) is 11.6 Å². The number of nitrogens with one attached hydrogen (secondary N) is 1. The van der Waals surface area contributed by atoms with E-state index in [1.54, 1.807) is 0 Å². The van der Waals surface area contributed by atoms with E-state index in [2.05, 4.69) is 21.2 Å². The molecule has 2 rings (SSSR count). The molecule has 0 aromatic heterocycles. The second-order valence-electron chi connectivity index (χ2n) is 5.07. The Morgan fingerprint density at radius 1 is 1.29 bits per heavy atom. The van der Waals surface area contributed by atoms with E-state index in [0.29, 0.717) is 4.47 Å². The summed E-state index contributed by atoms with van der Waals surface area (Å²) < 4.78 is 38.5. The average molecular weight is 385 g/mol. The van der Waals surface area contributed by atoms with Gasteiger partial charge in [-0.2, -0.15) is 13.2 Å². The first-order chi connectivity index (χ1) is 9.79. The highest BCUT2D eigenvalue weighted by Gasteiger charge is 2.32. The molecule has 2 nitrogen and oxygen atoms in total. The topological polar surface area (TPSA) is 29.1 Å². The van der Waals surface area contributed by atoms with Gasteiger partial charge in [-0.25, -0.2) is 0 Å². The van der Waals surface area contributed by atoms with Crippen LogP contribution in [0.25, 0.3) is 0 Å². The van der Waals surface area contributed by atoms with E-state index in [4.69, 9.17) is 11.6 Å². The number of alkyl halides is 4. The van der Waals surface area contributed by atoms with Gasteiger partial charge in [0.25, 0.3) is 5.91 Å². The zero-order valence-electron chi connectivity index (χ0n) is 11.0. The number of rotatable bonds is 2. The van der Waals surface area contributed by atoms with Crippen LogP contribution >= 0.6 is 27.5 Å². The minimum absolute atomic E-state index is 0.0285. The Balaban J connectivity index is 2.18. The zero-order chi connectivity index (χ0) is 15.6. The molecule has 7 heteroatoms. The quantitative estimate of drug-likeness (QED) is 0.733. The van der Waals surface area contributed by atoms with Crippen LogP contribution in [0.4, 0.5) is 13.2 Å². The van der Waals surface area contributed by atoms with E-state index in [0.717, 1.165) is 37.8 Å². The third-order valence-electron chi connectivity index (χ3n) is 3.54. The van der Waals surface area contributed by atoms with Gasteiger partial charge in [0.15, 0.2) is 0 Å². The van der Waals surface area contributed by atoms with Crippen molar-refractivity contribution in [2.75, 3.05) is 0 Å². The summed E-state index contributed by atoms with van der Waals surface area (Å²) in [6, 6.07) is 2.82. The first-order valence-corrected chi connectivity index (χ1v) is 7.83. The summed E-state index contributed by atoms with van der Waals surface area (Å²) in [5.41, 5.74) is -0.874. The van der Waals surface area contributed by atoms with Crippen molar-refractivity contribution in [1.82, 2.24) is 5.32 Å². The van der Waals surface area contributed by atoms with Crippen LogP contribution in [0.5, 0.6) is 0 Å². The van der Waals surface area contributed by atoms with Crippen molar-refractivity contribution in [2.24, 2.45) is 0 Å². The monoisotopic (exact) mass is 383 g/mol. The Labute approximate surface area is 134 Å². The molecule has 1 saturated carbocycles. The van der Waals surface area contributed by atoms with Gasteiger partial charge in [-0.1, -0.05) is 12.8 Å². The Morgan fingerprint density at radius 2 is 1.95 bits per heavy atom. The molecule has 0 spiro atoms. The maximum atomic E-state index is 12.7. The van der Waals surface area contributed by atoms with Crippen LogP contribution < -0.4 is 5.32 Å². The minimum atomic E-state index is -4.48. The lowest BCUT2D eigenvalue weighted by atomic mass is 9.94. The van der Waals surface area contributed by atoms with Crippen LogP contribution in [-0.4, -0.2) is 17.3 Å². The standard InChI is InChI=1S/C14H14BrClF3NO/c15-10-6-5-8(14(17,18)19)7-9(10)13(21)20-12-4-2-1-3-11(12)16/h5-7,11-12H,1-4H2,(H,20,21). The molecule has 0 radical (unpaired) electrons. The molecule has 0 heterocycles. The van der Waals surface area contributed by atoms with Crippen molar-refractivity contribution in [3.05, 3.63) is 33.8 Å². The Kier molecular flexibility index (Phi) is 5.20. The lowest BCUT2D eigenvalue weighted by Crippen LogP contribution is -2.43. The summed E-state index contributed by atoms with van der Waals surface area (Å²) in [5.74, 6) is -0.537. The number of carbonyl (C=O) groups is 1. The molecule has 116 valence electrons. The van der Waals surface area contributed by atoms with Crippen LogP contribution in [-0.2, 0) is 6.18 Å². The number of hydrogen-bond acceptors (Lipinski definition) is 1. The minimum Gasteiger partial charge on any atom is -0.348 e. The smallest absolute Gasteiger partial charge is 0.348 e. The van der Waals surface area contributed by atoms with Crippen molar-refractivity contribution < 1.29 is 18.0 Å². The number of carbonyl (C=O) groups excluding carboxylic acids is 1. The lowest BCUT2D eigenvalue weighted by molar-refractivity contribution is -0.137. The third-order valence-corrected chi connectivity index (χ3v) is 4.75. The first kappa shape index (κ1) is 16.6. The largest absolute Gasteiger partial charge is 0.416 e. The molecule has 2 unspecified atom stereocenters. The van der Waals surface area contributed by atoms with Crippen molar-refractivity contribution in [1.29, 1.82) is 0 Å². The number of benzene rings is 1. The first-order valence-electron chi connectivity index (χ1n) is 6.60.